The second-order valence-electron chi connectivity index (χ2n) is 6.86. The second kappa shape index (κ2) is 7.36. The van der Waals surface area contributed by atoms with Crippen LogP contribution >= 0.6 is 22.7 Å². The molecule has 0 aromatic carbocycles. The molecule has 1 fully saturated rings. The molecule has 9 heteroatoms. The zero-order valence-electron chi connectivity index (χ0n) is 14.8. The minimum atomic E-state index is -4.60. The predicted octanol–water partition coefficient (Wildman–Crippen LogP) is 5.69. The van der Waals surface area contributed by atoms with Gasteiger partial charge in [0.2, 0.25) is 0 Å². The summed E-state index contributed by atoms with van der Waals surface area (Å²) < 4.78 is 41.2. The highest BCUT2D eigenvalue weighted by atomic mass is 32.1. The summed E-state index contributed by atoms with van der Waals surface area (Å²) in [5.41, 5.74) is 5.25. The number of anilines is 1. The zero-order chi connectivity index (χ0) is 19.9. The maximum atomic E-state index is 13.7. The van der Waals surface area contributed by atoms with E-state index in [1.807, 2.05) is 0 Å². The molecule has 0 spiro atoms. The summed E-state index contributed by atoms with van der Waals surface area (Å²) in [7, 11) is 0. The fraction of sp³-hybridized carbons (Fsp3) is 0.368. The number of hydrogen-bond donors (Lipinski definition) is 2. The molecule has 0 aliphatic heterocycles. The SMILES string of the molecule is Nc1c(C(=O)NC2CCCCC2)sc2nc(-c3cccs3)cc(C(F)(F)F)c12. The first-order valence-electron chi connectivity index (χ1n) is 8.99. The molecule has 0 atom stereocenters. The number of amides is 1. The summed E-state index contributed by atoms with van der Waals surface area (Å²) >= 11 is 2.23. The quantitative estimate of drug-likeness (QED) is 0.567. The number of carbonyl (C=O) groups excluding carboxylic acids is 1. The summed E-state index contributed by atoms with van der Waals surface area (Å²) in [6.45, 7) is 0. The normalized spacial score (nSPS) is 15.8. The van der Waals surface area contributed by atoms with Crippen molar-refractivity contribution in [3.63, 3.8) is 0 Å². The average Bonchev–Trinajstić information content (AvgIpc) is 3.29. The number of nitrogen functional groups attached to an aromatic ring is 1. The molecule has 148 valence electrons. The Balaban J connectivity index is 1.79. The highest BCUT2D eigenvalue weighted by Crippen LogP contribution is 2.44. The van der Waals surface area contributed by atoms with E-state index in [0.29, 0.717) is 4.88 Å². The lowest BCUT2D eigenvalue weighted by Gasteiger charge is -2.22. The van der Waals surface area contributed by atoms with Crippen molar-refractivity contribution < 1.29 is 18.0 Å². The zero-order valence-corrected chi connectivity index (χ0v) is 16.4. The van der Waals surface area contributed by atoms with Gasteiger partial charge in [0.05, 0.1) is 21.8 Å². The molecule has 4 rings (SSSR count). The minimum absolute atomic E-state index is 0.0441. The van der Waals surface area contributed by atoms with Gasteiger partial charge in [-0.05, 0) is 30.4 Å². The van der Waals surface area contributed by atoms with E-state index in [2.05, 4.69) is 10.3 Å². The van der Waals surface area contributed by atoms with Crippen molar-refractivity contribution in [2.24, 2.45) is 0 Å². The third-order valence-electron chi connectivity index (χ3n) is 4.92. The Kier molecular flexibility index (Phi) is 5.05. The van der Waals surface area contributed by atoms with Crippen LogP contribution in [0.3, 0.4) is 0 Å². The molecule has 1 aliphatic rings. The molecule has 4 nitrogen and oxygen atoms in total. The van der Waals surface area contributed by atoms with Gasteiger partial charge >= 0.3 is 6.18 Å². The van der Waals surface area contributed by atoms with Gasteiger partial charge in [-0.25, -0.2) is 4.98 Å². The van der Waals surface area contributed by atoms with Gasteiger partial charge in [-0.2, -0.15) is 13.2 Å². The number of carbonyl (C=O) groups is 1. The van der Waals surface area contributed by atoms with E-state index < -0.39 is 17.6 Å². The molecule has 28 heavy (non-hydrogen) atoms. The fourth-order valence-corrected chi connectivity index (χ4v) is 5.27. The van der Waals surface area contributed by atoms with Crippen LogP contribution in [0, 0.1) is 0 Å². The van der Waals surface area contributed by atoms with Crippen molar-refractivity contribution in [3.05, 3.63) is 34.0 Å². The number of hydrogen-bond acceptors (Lipinski definition) is 5. The van der Waals surface area contributed by atoms with Gasteiger partial charge in [0.1, 0.15) is 9.71 Å². The van der Waals surface area contributed by atoms with Crippen LogP contribution < -0.4 is 11.1 Å². The number of rotatable bonds is 3. The van der Waals surface area contributed by atoms with Crippen molar-refractivity contribution in [3.8, 4) is 10.6 Å². The van der Waals surface area contributed by atoms with Gasteiger partial charge in [0.25, 0.3) is 5.91 Å². The van der Waals surface area contributed by atoms with Crippen LogP contribution in [-0.4, -0.2) is 16.9 Å². The van der Waals surface area contributed by atoms with Crippen LogP contribution in [0.4, 0.5) is 18.9 Å². The standard InChI is InChI=1S/C19H18F3N3OS2/c20-19(21,22)11-9-12(13-7-4-8-27-13)25-18-14(11)15(23)16(28-18)17(26)24-10-5-2-1-3-6-10/h4,7-10H,1-3,5-6,23H2,(H,24,26). The largest absolute Gasteiger partial charge is 0.417 e. The van der Waals surface area contributed by atoms with E-state index in [-0.39, 0.29) is 32.5 Å². The van der Waals surface area contributed by atoms with Crippen molar-refractivity contribution in [1.82, 2.24) is 10.3 Å². The lowest BCUT2D eigenvalue weighted by molar-refractivity contribution is -0.136. The van der Waals surface area contributed by atoms with Gasteiger partial charge in [-0.1, -0.05) is 25.3 Å². The summed E-state index contributed by atoms with van der Waals surface area (Å²) in [6.07, 6.45) is 0.380. The smallest absolute Gasteiger partial charge is 0.397 e. The Morgan fingerprint density at radius 3 is 2.64 bits per heavy atom. The molecule has 3 aromatic heterocycles. The third-order valence-corrected chi connectivity index (χ3v) is 6.92. The molecule has 0 radical (unpaired) electrons. The van der Waals surface area contributed by atoms with Gasteiger partial charge in [0.15, 0.2) is 0 Å². The van der Waals surface area contributed by atoms with E-state index >= 15 is 0 Å². The number of halogens is 3. The van der Waals surface area contributed by atoms with E-state index in [0.717, 1.165) is 49.5 Å². The fourth-order valence-electron chi connectivity index (χ4n) is 3.56. The maximum absolute atomic E-state index is 13.7. The van der Waals surface area contributed by atoms with Crippen LogP contribution in [0.15, 0.2) is 23.6 Å². The average molecular weight is 426 g/mol. The topological polar surface area (TPSA) is 68.0 Å². The van der Waals surface area contributed by atoms with Gasteiger partial charge in [-0.3, -0.25) is 4.79 Å². The van der Waals surface area contributed by atoms with Crippen LogP contribution in [-0.2, 0) is 6.18 Å². The predicted molar refractivity (Wildman–Crippen MR) is 107 cm³/mol. The van der Waals surface area contributed by atoms with Gasteiger partial charge in [0, 0.05) is 11.4 Å². The number of thiophene rings is 2. The van der Waals surface area contributed by atoms with Crippen LogP contribution in [0.1, 0.15) is 47.3 Å². The highest BCUT2D eigenvalue weighted by Gasteiger charge is 2.36. The number of pyridine rings is 1. The molecule has 0 saturated heterocycles. The molecular formula is C19H18F3N3OS2. The first kappa shape index (κ1) is 19.2. The van der Waals surface area contributed by atoms with Crippen molar-refractivity contribution >= 4 is 44.5 Å². The molecule has 3 N–H and O–H groups in total. The van der Waals surface area contributed by atoms with Crippen molar-refractivity contribution in [2.75, 3.05) is 5.73 Å². The van der Waals surface area contributed by atoms with Gasteiger partial charge < -0.3 is 11.1 Å². The maximum Gasteiger partial charge on any atom is 0.417 e. The minimum Gasteiger partial charge on any atom is -0.397 e. The van der Waals surface area contributed by atoms with Gasteiger partial charge in [-0.15, -0.1) is 22.7 Å². The summed E-state index contributed by atoms with van der Waals surface area (Å²) in [5.74, 6) is -0.418. The number of alkyl halides is 3. The third kappa shape index (κ3) is 3.60. The first-order valence-corrected chi connectivity index (χ1v) is 10.7. The summed E-state index contributed by atoms with van der Waals surface area (Å²) in [4.78, 5) is 17.9. The summed E-state index contributed by atoms with van der Waals surface area (Å²) in [5, 5.41) is 4.51. The van der Waals surface area contributed by atoms with Crippen LogP contribution in [0.5, 0.6) is 0 Å². The van der Waals surface area contributed by atoms with E-state index in [4.69, 9.17) is 5.73 Å². The molecule has 0 unspecified atom stereocenters. The Morgan fingerprint density at radius 2 is 2.00 bits per heavy atom. The Morgan fingerprint density at radius 1 is 1.25 bits per heavy atom. The Hall–Kier alpha value is -2.13. The molecule has 0 bridgehead atoms. The molecule has 1 saturated carbocycles. The Bertz CT molecular complexity index is 1010. The monoisotopic (exact) mass is 425 g/mol. The summed E-state index contributed by atoms with van der Waals surface area (Å²) in [6, 6.07) is 4.53. The lowest BCUT2D eigenvalue weighted by Crippen LogP contribution is -2.36. The lowest BCUT2D eigenvalue weighted by atomic mass is 9.95. The number of nitrogens with two attached hydrogens (primary N) is 1. The molecule has 1 aliphatic carbocycles. The highest BCUT2D eigenvalue weighted by molar-refractivity contribution is 7.21. The number of aromatic nitrogens is 1. The van der Waals surface area contributed by atoms with E-state index in [1.54, 1.807) is 17.5 Å². The van der Waals surface area contributed by atoms with E-state index in [1.165, 1.54) is 11.3 Å². The van der Waals surface area contributed by atoms with Crippen LogP contribution in [0.2, 0.25) is 0 Å². The molecule has 3 aromatic rings. The molecular weight excluding hydrogens is 407 g/mol. The number of nitrogens with zero attached hydrogens (tertiary/aromatic N) is 1. The molecule has 1 amide bonds. The number of fused-ring (bicyclic) bond motifs is 1. The van der Waals surface area contributed by atoms with Crippen LogP contribution in [0.25, 0.3) is 20.8 Å². The number of nitrogens with one attached hydrogen (secondary N) is 1. The molecule has 3 heterocycles. The van der Waals surface area contributed by atoms with Crippen molar-refractivity contribution in [2.45, 2.75) is 44.3 Å². The van der Waals surface area contributed by atoms with Crippen molar-refractivity contribution in [1.29, 1.82) is 0 Å². The van der Waals surface area contributed by atoms with E-state index in [9.17, 15) is 18.0 Å². The second-order valence-corrected chi connectivity index (χ2v) is 8.81. The first-order chi connectivity index (χ1) is 13.3. The Labute approximate surface area is 167 Å².